The van der Waals surface area contributed by atoms with E-state index in [1.807, 2.05) is 6.07 Å². The number of nitrogens with zero attached hydrogens (tertiary/aromatic N) is 1. The fourth-order valence-electron chi connectivity index (χ4n) is 1.79. The lowest BCUT2D eigenvalue weighted by Crippen LogP contribution is -2.19. The third-order valence-corrected chi connectivity index (χ3v) is 3.30. The highest BCUT2D eigenvalue weighted by Crippen LogP contribution is 2.32. The fraction of sp³-hybridized carbons (Fsp3) is 0.500. The minimum Gasteiger partial charge on any atom is -0.372 e. The second kappa shape index (κ2) is 4.42. The van der Waals surface area contributed by atoms with Crippen LogP contribution in [0.3, 0.4) is 0 Å². The van der Waals surface area contributed by atoms with Crippen LogP contribution >= 0.6 is 11.6 Å². The van der Waals surface area contributed by atoms with Crippen molar-refractivity contribution in [2.45, 2.75) is 25.3 Å². The predicted octanol–water partition coefficient (Wildman–Crippen LogP) is 2.44. The standard InChI is InChI=1S/C12H17ClN2/c1-15(10-4-5-10)11-3-2-9(6-7-14)12(13)8-11/h2-3,8,10H,4-7,14H2,1H3. The lowest BCUT2D eigenvalue weighted by atomic mass is 10.1. The molecule has 0 bridgehead atoms. The van der Waals surface area contributed by atoms with Crippen LogP contribution in [0.25, 0.3) is 0 Å². The topological polar surface area (TPSA) is 29.3 Å². The summed E-state index contributed by atoms with van der Waals surface area (Å²) < 4.78 is 0. The van der Waals surface area contributed by atoms with Gasteiger partial charge in [-0.25, -0.2) is 0 Å². The zero-order valence-electron chi connectivity index (χ0n) is 9.04. The number of rotatable bonds is 4. The molecule has 15 heavy (non-hydrogen) atoms. The molecule has 1 aliphatic carbocycles. The first kappa shape index (κ1) is 10.8. The van der Waals surface area contributed by atoms with Crippen LogP contribution in [-0.2, 0) is 6.42 Å². The number of nitrogens with two attached hydrogens (primary N) is 1. The van der Waals surface area contributed by atoms with Crippen LogP contribution in [0.15, 0.2) is 18.2 Å². The molecule has 3 heteroatoms. The molecule has 0 unspecified atom stereocenters. The van der Waals surface area contributed by atoms with Gasteiger partial charge in [-0.3, -0.25) is 0 Å². The van der Waals surface area contributed by atoms with Crippen LogP contribution in [0.4, 0.5) is 5.69 Å². The van der Waals surface area contributed by atoms with Gasteiger partial charge in [-0.1, -0.05) is 17.7 Å². The summed E-state index contributed by atoms with van der Waals surface area (Å²) in [4.78, 5) is 2.30. The molecule has 1 fully saturated rings. The maximum atomic E-state index is 6.20. The van der Waals surface area contributed by atoms with E-state index in [0.29, 0.717) is 6.54 Å². The van der Waals surface area contributed by atoms with Crippen molar-refractivity contribution in [3.63, 3.8) is 0 Å². The zero-order chi connectivity index (χ0) is 10.8. The molecular weight excluding hydrogens is 208 g/mol. The maximum Gasteiger partial charge on any atom is 0.0459 e. The Morgan fingerprint density at radius 3 is 2.73 bits per heavy atom. The highest BCUT2D eigenvalue weighted by Gasteiger charge is 2.26. The van der Waals surface area contributed by atoms with Crippen molar-refractivity contribution in [1.29, 1.82) is 0 Å². The largest absolute Gasteiger partial charge is 0.372 e. The highest BCUT2D eigenvalue weighted by molar-refractivity contribution is 6.31. The monoisotopic (exact) mass is 224 g/mol. The van der Waals surface area contributed by atoms with Gasteiger partial charge in [0.1, 0.15) is 0 Å². The van der Waals surface area contributed by atoms with Crippen LogP contribution < -0.4 is 10.6 Å². The van der Waals surface area contributed by atoms with E-state index in [2.05, 4.69) is 24.1 Å². The number of benzene rings is 1. The molecule has 0 aromatic heterocycles. The number of halogens is 1. The van der Waals surface area contributed by atoms with Crippen molar-refractivity contribution >= 4 is 17.3 Å². The van der Waals surface area contributed by atoms with Gasteiger partial charge in [0.15, 0.2) is 0 Å². The Morgan fingerprint density at radius 1 is 1.47 bits per heavy atom. The molecule has 0 spiro atoms. The van der Waals surface area contributed by atoms with Crippen molar-refractivity contribution in [3.05, 3.63) is 28.8 Å². The van der Waals surface area contributed by atoms with E-state index >= 15 is 0 Å². The van der Waals surface area contributed by atoms with Gasteiger partial charge in [-0.15, -0.1) is 0 Å². The van der Waals surface area contributed by atoms with E-state index in [0.717, 1.165) is 23.0 Å². The maximum absolute atomic E-state index is 6.20. The van der Waals surface area contributed by atoms with Crippen molar-refractivity contribution < 1.29 is 0 Å². The summed E-state index contributed by atoms with van der Waals surface area (Å²) in [6.45, 7) is 0.650. The summed E-state index contributed by atoms with van der Waals surface area (Å²) in [6, 6.07) is 6.99. The van der Waals surface area contributed by atoms with Gasteiger partial charge in [0, 0.05) is 23.8 Å². The molecule has 0 radical (unpaired) electrons. The van der Waals surface area contributed by atoms with Crippen molar-refractivity contribution in [1.82, 2.24) is 0 Å². The summed E-state index contributed by atoms with van der Waals surface area (Å²) in [7, 11) is 2.13. The average molecular weight is 225 g/mol. The summed E-state index contributed by atoms with van der Waals surface area (Å²) in [5.74, 6) is 0. The molecule has 0 atom stereocenters. The second-order valence-electron chi connectivity index (χ2n) is 4.16. The number of hydrogen-bond acceptors (Lipinski definition) is 2. The Hall–Kier alpha value is -0.730. The predicted molar refractivity (Wildman–Crippen MR) is 65.6 cm³/mol. The SMILES string of the molecule is CN(c1ccc(CCN)c(Cl)c1)C1CC1. The van der Waals surface area contributed by atoms with Gasteiger partial charge in [-0.2, -0.15) is 0 Å². The minimum absolute atomic E-state index is 0.650. The van der Waals surface area contributed by atoms with Gasteiger partial charge in [0.05, 0.1) is 0 Å². The average Bonchev–Trinajstić information content (AvgIpc) is 3.04. The van der Waals surface area contributed by atoms with Crippen LogP contribution in [-0.4, -0.2) is 19.6 Å². The highest BCUT2D eigenvalue weighted by atomic mass is 35.5. The molecule has 0 aliphatic heterocycles. The third-order valence-electron chi connectivity index (χ3n) is 2.95. The smallest absolute Gasteiger partial charge is 0.0459 e. The summed E-state index contributed by atoms with van der Waals surface area (Å²) >= 11 is 6.20. The summed E-state index contributed by atoms with van der Waals surface area (Å²) in [5.41, 5.74) is 7.87. The summed E-state index contributed by atoms with van der Waals surface area (Å²) in [5, 5.41) is 0.838. The number of anilines is 1. The molecule has 0 amide bonds. The van der Waals surface area contributed by atoms with Crippen LogP contribution in [0, 0.1) is 0 Å². The first-order valence-electron chi connectivity index (χ1n) is 5.43. The fourth-order valence-corrected chi connectivity index (χ4v) is 2.06. The molecule has 1 aromatic carbocycles. The Morgan fingerprint density at radius 2 is 2.20 bits per heavy atom. The Balaban J connectivity index is 2.16. The Labute approximate surface area is 96.0 Å². The molecular formula is C12H17ClN2. The van der Waals surface area contributed by atoms with Crippen molar-refractivity contribution in [3.8, 4) is 0 Å². The molecule has 2 rings (SSSR count). The number of hydrogen-bond donors (Lipinski definition) is 1. The van der Waals surface area contributed by atoms with Gasteiger partial charge in [0.25, 0.3) is 0 Å². The van der Waals surface area contributed by atoms with Gasteiger partial charge < -0.3 is 10.6 Å². The first-order valence-corrected chi connectivity index (χ1v) is 5.81. The minimum atomic E-state index is 0.650. The molecule has 1 aliphatic rings. The first-order chi connectivity index (χ1) is 7.22. The molecule has 2 N–H and O–H groups in total. The Bertz CT molecular complexity index is 347. The molecule has 0 saturated heterocycles. The van der Waals surface area contributed by atoms with Gasteiger partial charge >= 0.3 is 0 Å². The summed E-state index contributed by atoms with van der Waals surface area (Å²) in [6.07, 6.45) is 3.46. The van der Waals surface area contributed by atoms with E-state index < -0.39 is 0 Å². The van der Waals surface area contributed by atoms with Crippen molar-refractivity contribution in [2.75, 3.05) is 18.5 Å². The van der Waals surface area contributed by atoms with Crippen molar-refractivity contribution in [2.24, 2.45) is 5.73 Å². The van der Waals surface area contributed by atoms with Crippen LogP contribution in [0.1, 0.15) is 18.4 Å². The van der Waals surface area contributed by atoms with Crippen LogP contribution in [0.5, 0.6) is 0 Å². The molecule has 0 heterocycles. The lowest BCUT2D eigenvalue weighted by Gasteiger charge is -2.19. The molecule has 2 nitrogen and oxygen atoms in total. The van der Waals surface area contributed by atoms with E-state index in [1.165, 1.54) is 18.5 Å². The van der Waals surface area contributed by atoms with Gasteiger partial charge in [0.2, 0.25) is 0 Å². The molecule has 1 saturated carbocycles. The molecule has 82 valence electrons. The van der Waals surface area contributed by atoms with E-state index in [9.17, 15) is 0 Å². The van der Waals surface area contributed by atoms with Crippen LogP contribution in [0.2, 0.25) is 5.02 Å². The van der Waals surface area contributed by atoms with E-state index in [4.69, 9.17) is 17.3 Å². The molecule has 1 aromatic rings. The third kappa shape index (κ3) is 2.44. The van der Waals surface area contributed by atoms with E-state index in [1.54, 1.807) is 0 Å². The van der Waals surface area contributed by atoms with E-state index in [-0.39, 0.29) is 0 Å². The van der Waals surface area contributed by atoms with Gasteiger partial charge in [-0.05, 0) is 43.5 Å². The normalized spacial score (nSPS) is 15.4. The zero-order valence-corrected chi connectivity index (χ0v) is 9.80. The second-order valence-corrected chi connectivity index (χ2v) is 4.56. The lowest BCUT2D eigenvalue weighted by molar-refractivity contribution is 0.913. The quantitative estimate of drug-likeness (QED) is 0.852. The Kier molecular flexibility index (Phi) is 3.17.